The summed E-state index contributed by atoms with van der Waals surface area (Å²) in [6, 6.07) is 11.6. The Hall–Kier alpha value is -6.33. The summed E-state index contributed by atoms with van der Waals surface area (Å²) >= 11 is 3.16. The van der Waals surface area contributed by atoms with Gasteiger partial charge in [0.25, 0.3) is 5.91 Å². The summed E-state index contributed by atoms with van der Waals surface area (Å²) in [6.45, 7) is 15.0. The number of hydrogen-bond acceptors (Lipinski definition) is 14. The summed E-state index contributed by atoms with van der Waals surface area (Å²) < 4.78 is 39.3. The number of carbonyl (C=O) groups excluding carboxylic acids is 2. The molecule has 0 spiro atoms. The van der Waals surface area contributed by atoms with Crippen molar-refractivity contribution < 1.29 is 42.8 Å². The maximum Gasteiger partial charge on any atom is 0.272 e. The lowest BCUT2D eigenvalue weighted by atomic mass is 9.75. The van der Waals surface area contributed by atoms with Crippen LogP contribution in [0.4, 0.5) is 0 Å². The van der Waals surface area contributed by atoms with Crippen LogP contribution in [0.5, 0.6) is 23.0 Å². The summed E-state index contributed by atoms with van der Waals surface area (Å²) in [5.74, 6) is 1.83. The Morgan fingerprint density at radius 3 is 2.41 bits per heavy atom. The topological polar surface area (TPSA) is 160 Å². The number of methoxy groups -OCH3 is 2. The van der Waals surface area contributed by atoms with Crippen LogP contribution in [-0.4, -0.2) is 88.7 Å². The van der Waals surface area contributed by atoms with Gasteiger partial charge in [-0.3, -0.25) is 14.6 Å². The van der Waals surface area contributed by atoms with E-state index in [0.717, 1.165) is 44.8 Å². The van der Waals surface area contributed by atoms with Crippen LogP contribution in [0.1, 0.15) is 112 Å². The van der Waals surface area contributed by atoms with Gasteiger partial charge in [-0.15, -0.1) is 0 Å². The molecule has 4 aliphatic heterocycles. The summed E-state index contributed by atoms with van der Waals surface area (Å²) in [4.78, 5) is 40.8. The minimum absolute atomic E-state index is 0.0692. The quantitative estimate of drug-likeness (QED) is 0.123. The predicted octanol–water partition coefficient (Wildman–Crippen LogP) is 11.2. The molecule has 14 nitrogen and oxygen atoms in total. The molecule has 4 aromatic heterocycles. The highest BCUT2D eigenvalue weighted by Gasteiger charge is 2.43. The molecule has 1 N–H and O–H groups in total. The van der Waals surface area contributed by atoms with Gasteiger partial charge in [-0.25, -0.2) is 9.67 Å². The van der Waals surface area contributed by atoms with E-state index in [1.165, 1.54) is 0 Å². The van der Waals surface area contributed by atoms with E-state index in [0.29, 0.717) is 88.7 Å². The van der Waals surface area contributed by atoms with Gasteiger partial charge in [0.05, 0.1) is 43.8 Å². The number of rotatable bonds is 11. The molecule has 0 aliphatic carbocycles. The second-order valence-electron chi connectivity index (χ2n) is 20.6. The van der Waals surface area contributed by atoms with Gasteiger partial charge >= 0.3 is 0 Å². The molecule has 8 heterocycles. The highest BCUT2D eigenvalue weighted by atomic mass is 32.1. The first-order valence-electron chi connectivity index (χ1n) is 23.9. The number of aromatic nitrogens is 3. The molecule has 4 aliphatic rings. The lowest BCUT2D eigenvalue weighted by Gasteiger charge is -2.35. The number of oxazole rings is 1. The molecule has 10 rings (SSSR count). The molecule has 0 saturated carbocycles. The number of aliphatic hydroxyl groups is 1. The molecule has 0 bridgehead atoms. The number of thiophene rings is 2. The van der Waals surface area contributed by atoms with Crippen molar-refractivity contribution >= 4 is 51.7 Å². The Morgan fingerprint density at radius 1 is 0.972 bits per heavy atom. The van der Waals surface area contributed by atoms with Crippen molar-refractivity contribution in [3.63, 3.8) is 0 Å². The van der Waals surface area contributed by atoms with Crippen LogP contribution >= 0.6 is 22.7 Å². The van der Waals surface area contributed by atoms with Crippen molar-refractivity contribution in [1.29, 1.82) is 0 Å². The van der Waals surface area contributed by atoms with Crippen LogP contribution in [0.25, 0.3) is 40.0 Å². The molecule has 370 valence electrons. The van der Waals surface area contributed by atoms with Gasteiger partial charge in [0.15, 0.2) is 5.78 Å². The number of Topliss-reactive ketones (excluding diaryl/α,β-unsaturated/α-hetero) is 1. The first kappa shape index (κ1) is 48.3. The van der Waals surface area contributed by atoms with Gasteiger partial charge in [0, 0.05) is 70.5 Å². The zero-order chi connectivity index (χ0) is 50.1. The van der Waals surface area contributed by atoms with Crippen molar-refractivity contribution in [2.24, 2.45) is 22.2 Å². The molecule has 71 heavy (non-hydrogen) atoms. The van der Waals surface area contributed by atoms with Gasteiger partial charge in [-0.2, -0.15) is 27.8 Å². The van der Waals surface area contributed by atoms with Crippen LogP contribution in [-0.2, 0) is 16.1 Å². The number of fused-ring (bicyclic) bond motifs is 5. The maximum atomic E-state index is 15.0. The minimum atomic E-state index is -0.784. The van der Waals surface area contributed by atoms with Crippen molar-refractivity contribution in [2.75, 3.05) is 41.0 Å². The third kappa shape index (κ3) is 8.72. The van der Waals surface area contributed by atoms with Crippen molar-refractivity contribution in [1.82, 2.24) is 19.7 Å². The second kappa shape index (κ2) is 18.7. The van der Waals surface area contributed by atoms with Crippen LogP contribution in [0, 0.1) is 17.3 Å². The third-order valence-electron chi connectivity index (χ3n) is 14.2. The highest BCUT2D eigenvalue weighted by molar-refractivity contribution is 7.08. The molecule has 0 radical (unpaired) electrons. The molecular weight excluding hydrogens is 939 g/mol. The number of aliphatic imine (C=N–C) groups is 1. The van der Waals surface area contributed by atoms with Crippen LogP contribution in [0.2, 0.25) is 0 Å². The zero-order valence-corrected chi connectivity index (χ0v) is 43.4. The summed E-state index contributed by atoms with van der Waals surface area (Å²) in [5.41, 5.74) is 9.01. The number of amides is 1. The Balaban J connectivity index is 0.970. The highest BCUT2D eigenvalue weighted by Crippen LogP contribution is 2.50. The first-order chi connectivity index (χ1) is 34.0. The average molecular weight is 998 g/mol. The van der Waals surface area contributed by atoms with Crippen LogP contribution in [0.15, 0.2) is 84.7 Å². The van der Waals surface area contributed by atoms with E-state index in [4.69, 9.17) is 43.2 Å². The van der Waals surface area contributed by atoms with Crippen molar-refractivity contribution in [3.05, 3.63) is 109 Å². The fourth-order valence-corrected chi connectivity index (χ4v) is 11.3. The molecule has 6 aromatic rings. The Morgan fingerprint density at radius 2 is 1.70 bits per heavy atom. The van der Waals surface area contributed by atoms with E-state index in [-0.39, 0.29) is 30.8 Å². The maximum absolute atomic E-state index is 15.0. The molecule has 1 saturated heterocycles. The number of carbonyl (C=O) groups is 2. The third-order valence-corrected chi connectivity index (χ3v) is 15.5. The van der Waals surface area contributed by atoms with E-state index in [9.17, 15) is 9.90 Å². The predicted molar refractivity (Wildman–Crippen MR) is 275 cm³/mol. The fraction of sp³-hybridized carbons (Fsp3) is 0.400. The smallest absolute Gasteiger partial charge is 0.272 e. The second-order valence-corrected chi connectivity index (χ2v) is 22.2. The lowest BCUT2D eigenvalue weighted by molar-refractivity contribution is -0.126. The van der Waals surface area contributed by atoms with Gasteiger partial charge in [-0.05, 0) is 108 Å². The van der Waals surface area contributed by atoms with E-state index < -0.39 is 29.1 Å². The lowest BCUT2D eigenvalue weighted by Crippen LogP contribution is -2.47. The van der Waals surface area contributed by atoms with E-state index in [1.54, 1.807) is 55.1 Å². The Kier molecular flexibility index (Phi) is 12.7. The average Bonchev–Trinajstić information content (AvgIpc) is 4.20. The van der Waals surface area contributed by atoms with E-state index in [2.05, 4.69) is 31.4 Å². The molecule has 16 heteroatoms. The number of ketones is 1. The van der Waals surface area contributed by atoms with Gasteiger partial charge in [0.1, 0.15) is 65.7 Å². The summed E-state index contributed by atoms with van der Waals surface area (Å²) in [5, 5.41) is 24.4. The van der Waals surface area contributed by atoms with E-state index in [1.807, 2.05) is 85.8 Å². The monoisotopic (exact) mass is 997 g/mol. The van der Waals surface area contributed by atoms with Gasteiger partial charge in [-0.1, -0.05) is 27.7 Å². The Labute approximate surface area is 421 Å². The summed E-state index contributed by atoms with van der Waals surface area (Å²) in [6.07, 6.45) is 3.41. The SMILES string of the molecule is COc1cc2c(cc1-c1nc(C3OCCC(C(=O)c4nn(-c5ccsc5)c5c4COc4cc(OC)c(C(O)C(C)C)cc4-5)CC3(C)C)co1)C1=C(CO2)C(C(=O)N(C)C(C)(C)C)=NC/C1=C/c1ccsc1. The van der Waals surface area contributed by atoms with Crippen LogP contribution < -0.4 is 18.9 Å². The van der Waals surface area contributed by atoms with Crippen molar-refractivity contribution in [2.45, 2.75) is 85.7 Å². The minimum Gasteiger partial charge on any atom is -0.496 e. The van der Waals surface area contributed by atoms with Gasteiger partial charge in [0.2, 0.25) is 5.89 Å². The largest absolute Gasteiger partial charge is 0.496 e. The molecule has 1 amide bonds. The number of aliphatic hydroxyl groups excluding tert-OH is 1. The first-order valence-corrected chi connectivity index (χ1v) is 25.8. The number of nitrogens with zero attached hydrogens (tertiary/aromatic N) is 5. The fourth-order valence-electron chi connectivity index (χ4n) is 10.1. The molecular formula is C55H59N5O9S2. The number of benzene rings is 2. The molecule has 2 aromatic carbocycles. The molecule has 3 unspecified atom stereocenters. The normalized spacial score (nSPS) is 19.4. The number of dihydropyridines is 1. The van der Waals surface area contributed by atoms with Crippen LogP contribution in [0.3, 0.4) is 0 Å². The standard InChI is InChI=1S/C55H59N5O9S2/c1-29(2)49(61)36-19-35-44(20-41(36)64-9)68-25-39-46(58-60(48(35)39)33-13-16-71-28-33)50(62)31-11-14-66-51(55(6,7)22-31)40-26-69-52(57-40)37-18-34-43(21-42(37)65-10)67-24-38-45(34)32(17-30-12-15-70-27-30)23-56-47(38)53(63)59(8)54(3,4)5/h12-13,15-21,26-29,31,49,51,61H,11,14,22-25H2,1-10H3/b32-17-. The molecule has 1 fully saturated rings. The zero-order valence-electron chi connectivity index (χ0n) is 41.7. The number of hydrogen-bond donors (Lipinski definition) is 1. The summed E-state index contributed by atoms with van der Waals surface area (Å²) in [7, 11) is 4.99. The van der Waals surface area contributed by atoms with E-state index >= 15 is 4.79 Å². The molecule has 3 atom stereocenters. The Bertz CT molecular complexity index is 3130. The van der Waals surface area contributed by atoms with Crippen molar-refractivity contribution in [3.8, 4) is 51.4 Å². The van der Waals surface area contributed by atoms with Gasteiger partial charge < -0.3 is 38.1 Å². The number of ether oxygens (including phenoxy) is 5.